The standard InChI is InChI=1S/C12H14ClIN2O/c13-9-7-8(14)3-4-10(9)16-11(17)12(15)5-1-2-6-12/h3-4,7H,1-2,5-6,15H2,(H,16,17). The molecule has 5 heteroatoms. The second-order valence-corrected chi connectivity index (χ2v) is 6.09. The second kappa shape index (κ2) is 5.12. The van der Waals surface area contributed by atoms with Crippen molar-refractivity contribution in [2.75, 3.05) is 5.32 Å². The molecule has 0 atom stereocenters. The lowest BCUT2D eigenvalue weighted by atomic mass is 9.98. The molecule has 0 bridgehead atoms. The fourth-order valence-corrected chi connectivity index (χ4v) is 2.97. The van der Waals surface area contributed by atoms with Gasteiger partial charge < -0.3 is 11.1 Å². The number of carbonyl (C=O) groups is 1. The Balaban J connectivity index is 2.13. The van der Waals surface area contributed by atoms with Crippen LogP contribution in [0.25, 0.3) is 0 Å². The van der Waals surface area contributed by atoms with Gasteiger partial charge in [0.25, 0.3) is 0 Å². The van der Waals surface area contributed by atoms with E-state index in [-0.39, 0.29) is 5.91 Å². The summed E-state index contributed by atoms with van der Waals surface area (Å²) in [6.45, 7) is 0. The summed E-state index contributed by atoms with van der Waals surface area (Å²) < 4.78 is 1.04. The monoisotopic (exact) mass is 364 g/mol. The van der Waals surface area contributed by atoms with E-state index in [1.165, 1.54) is 0 Å². The molecular weight excluding hydrogens is 351 g/mol. The third kappa shape index (κ3) is 2.92. The highest BCUT2D eigenvalue weighted by molar-refractivity contribution is 14.1. The van der Waals surface area contributed by atoms with Gasteiger partial charge in [-0.15, -0.1) is 0 Å². The third-order valence-corrected chi connectivity index (χ3v) is 4.11. The number of hydrogen-bond acceptors (Lipinski definition) is 2. The highest BCUT2D eigenvalue weighted by Gasteiger charge is 2.37. The van der Waals surface area contributed by atoms with E-state index < -0.39 is 5.54 Å². The summed E-state index contributed by atoms with van der Waals surface area (Å²) >= 11 is 8.24. The average molecular weight is 365 g/mol. The molecule has 92 valence electrons. The lowest BCUT2D eigenvalue weighted by molar-refractivity contribution is -0.121. The predicted octanol–water partition coefficient (Wildman–Crippen LogP) is 3.15. The van der Waals surface area contributed by atoms with Crippen LogP contribution in [0.15, 0.2) is 18.2 Å². The van der Waals surface area contributed by atoms with Crippen molar-refractivity contribution >= 4 is 45.8 Å². The van der Waals surface area contributed by atoms with Gasteiger partial charge in [0.05, 0.1) is 16.2 Å². The summed E-state index contributed by atoms with van der Waals surface area (Å²) in [6, 6.07) is 5.52. The molecule has 1 aromatic carbocycles. The van der Waals surface area contributed by atoms with Gasteiger partial charge in [0.15, 0.2) is 0 Å². The maximum atomic E-state index is 12.1. The molecule has 0 radical (unpaired) electrons. The van der Waals surface area contributed by atoms with Crippen LogP contribution >= 0.6 is 34.2 Å². The maximum absolute atomic E-state index is 12.1. The Hall–Kier alpha value is -0.330. The van der Waals surface area contributed by atoms with E-state index in [0.29, 0.717) is 10.7 Å². The number of carbonyl (C=O) groups excluding carboxylic acids is 1. The minimum absolute atomic E-state index is 0.127. The molecule has 3 nitrogen and oxygen atoms in total. The van der Waals surface area contributed by atoms with Crippen molar-refractivity contribution in [2.24, 2.45) is 5.73 Å². The van der Waals surface area contributed by atoms with E-state index in [1.807, 2.05) is 12.1 Å². The van der Waals surface area contributed by atoms with Gasteiger partial charge >= 0.3 is 0 Å². The first-order valence-electron chi connectivity index (χ1n) is 5.57. The fourth-order valence-electron chi connectivity index (χ4n) is 2.07. The zero-order chi connectivity index (χ0) is 12.5. The predicted molar refractivity (Wildman–Crippen MR) is 78.2 cm³/mol. The Kier molecular flexibility index (Phi) is 3.95. The minimum atomic E-state index is -0.716. The normalized spacial score (nSPS) is 18.1. The Morgan fingerprint density at radius 1 is 1.41 bits per heavy atom. The molecule has 0 aliphatic heterocycles. The summed E-state index contributed by atoms with van der Waals surface area (Å²) in [5.74, 6) is -0.127. The van der Waals surface area contributed by atoms with Crippen molar-refractivity contribution in [1.29, 1.82) is 0 Å². The van der Waals surface area contributed by atoms with Crippen LogP contribution in [-0.4, -0.2) is 11.4 Å². The first-order valence-corrected chi connectivity index (χ1v) is 7.02. The van der Waals surface area contributed by atoms with Crippen LogP contribution in [-0.2, 0) is 4.79 Å². The lowest BCUT2D eigenvalue weighted by Crippen LogP contribution is -2.48. The van der Waals surface area contributed by atoms with E-state index in [0.717, 1.165) is 29.3 Å². The number of benzene rings is 1. The third-order valence-electron chi connectivity index (χ3n) is 3.13. The Morgan fingerprint density at radius 3 is 2.65 bits per heavy atom. The minimum Gasteiger partial charge on any atom is -0.323 e. The van der Waals surface area contributed by atoms with Crippen LogP contribution in [0.3, 0.4) is 0 Å². The zero-order valence-electron chi connectivity index (χ0n) is 9.30. The van der Waals surface area contributed by atoms with Crippen LogP contribution < -0.4 is 11.1 Å². The highest BCUT2D eigenvalue weighted by atomic mass is 127. The number of anilines is 1. The van der Waals surface area contributed by atoms with Crippen molar-refractivity contribution in [3.05, 3.63) is 26.8 Å². The molecule has 1 aromatic rings. The second-order valence-electron chi connectivity index (χ2n) is 4.44. The molecule has 0 unspecified atom stereocenters. The molecule has 0 heterocycles. The van der Waals surface area contributed by atoms with E-state index in [4.69, 9.17) is 17.3 Å². The topological polar surface area (TPSA) is 55.1 Å². The molecule has 3 N–H and O–H groups in total. The number of amides is 1. The molecule has 1 aliphatic rings. The molecule has 1 saturated carbocycles. The Bertz CT molecular complexity index is 444. The van der Waals surface area contributed by atoms with Crippen LogP contribution in [0.5, 0.6) is 0 Å². The average Bonchev–Trinajstić information content (AvgIpc) is 2.71. The van der Waals surface area contributed by atoms with Crippen molar-refractivity contribution in [1.82, 2.24) is 0 Å². The maximum Gasteiger partial charge on any atom is 0.244 e. The van der Waals surface area contributed by atoms with E-state index in [1.54, 1.807) is 6.07 Å². The molecule has 1 fully saturated rings. The fraction of sp³-hybridized carbons (Fsp3) is 0.417. The largest absolute Gasteiger partial charge is 0.323 e. The van der Waals surface area contributed by atoms with Gasteiger partial charge in [-0.25, -0.2) is 0 Å². The first-order chi connectivity index (χ1) is 8.01. The molecule has 1 amide bonds. The number of hydrogen-bond donors (Lipinski definition) is 2. The van der Waals surface area contributed by atoms with Crippen molar-refractivity contribution < 1.29 is 4.79 Å². The van der Waals surface area contributed by atoms with Crippen LogP contribution in [0.4, 0.5) is 5.69 Å². The van der Waals surface area contributed by atoms with Gasteiger partial charge in [-0.1, -0.05) is 24.4 Å². The summed E-state index contributed by atoms with van der Waals surface area (Å²) in [4.78, 5) is 12.1. The van der Waals surface area contributed by atoms with E-state index in [9.17, 15) is 4.79 Å². The molecular formula is C12H14ClIN2O. The van der Waals surface area contributed by atoms with Gasteiger partial charge in [0.2, 0.25) is 5.91 Å². The molecule has 17 heavy (non-hydrogen) atoms. The molecule has 2 rings (SSSR count). The highest BCUT2D eigenvalue weighted by Crippen LogP contribution is 2.30. The summed E-state index contributed by atoms with van der Waals surface area (Å²) in [5.41, 5.74) is 5.99. The van der Waals surface area contributed by atoms with Crippen LogP contribution in [0.2, 0.25) is 5.02 Å². The lowest BCUT2D eigenvalue weighted by Gasteiger charge is -2.22. The Labute approximate surface area is 119 Å². The van der Waals surface area contributed by atoms with Gasteiger partial charge in [0, 0.05) is 3.57 Å². The summed E-state index contributed by atoms with van der Waals surface area (Å²) in [5, 5.41) is 3.37. The SMILES string of the molecule is NC1(C(=O)Nc2ccc(I)cc2Cl)CCCC1. The van der Waals surface area contributed by atoms with E-state index in [2.05, 4.69) is 27.9 Å². The van der Waals surface area contributed by atoms with Gasteiger partial charge in [0.1, 0.15) is 0 Å². The van der Waals surface area contributed by atoms with Gasteiger partial charge in [-0.05, 0) is 53.6 Å². The first kappa shape index (κ1) is 13.1. The number of halogens is 2. The number of rotatable bonds is 2. The van der Waals surface area contributed by atoms with Gasteiger partial charge in [-0.2, -0.15) is 0 Å². The summed E-state index contributed by atoms with van der Waals surface area (Å²) in [7, 11) is 0. The summed E-state index contributed by atoms with van der Waals surface area (Å²) in [6.07, 6.45) is 3.54. The molecule has 0 spiro atoms. The van der Waals surface area contributed by atoms with Crippen molar-refractivity contribution in [3.8, 4) is 0 Å². The number of nitrogens with two attached hydrogens (primary N) is 1. The molecule has 1 aliphatic carbocycles. The quantitative estimate of drug-likeness (QED) is 0.792. The van der Waals surface area contributed by atoms with Crippen LogP contribution in [0.1, 0.15) is 25.7 Å². The van der Waals surface area contributed by atoms with E-state index >= 15 is 0 Å². The van der Waals surface area contributed by atoms with Crippen molar-refractivity contribution in [2.45, 2.75) is 31.2 Å². The van der Waals surface area contributed by atoms with Crippen molar-refractivity contribution in [3.63, 3.8) is 0 Å². The zero-order valence-corrected chi connectivity index (χ0v) is 12.2. The Morgan fingerprint density at radius 2 is 2.06 bits per heavy atom. The molecule has 0 aromatic heterocycles. The van der Waals surface area contributed by atoms with Gasteiger partial charge in [-0.3, -0.25) is 4.79 Å². The number of nitrogens with one attached hydrogen (secondary N) is 1. The smallest absolute Gasteiger partial charge is 0.244 e. The molecule has 0 saturated heterocycles. The van der Waals surface area contributed by atoms with Crippen LogP contribution in [0, 0.1) is 3.57 Å².